The van der Waals surface area contributed by atoms with E-state index in [1.165, 1.54) is 0 Å². The molecule has 0 bridgehead atoms. The second kappa shape index (κ2) is 10.6. The average molecular weight is 380 g/mol. The maximum atomic E-state index is 5.64. The van der Waals surface area contributed by atoms with E-state index in [0.29, 0.717) is 12.0 Å². The van der Waals surface area contributed by atoms with Crippen molar-refractivity contribution >= 4 is 5.96 Å². The van der Waals surface area contributed by atoms with Gasteiger partial charge in [0.25, 0.3) is 0 Å². The molecule has 3 rings (SSSR count). The van der Waals surface area contributed by atoms with E-state index in [1.54, 1.807) is 6.33 Å². The highest BCUT2D eigenvalue weighted by atomic mass is 16.5. The lowest BCUT2D eigenvalue weighted by Crippen LogP contribution is -2.53. The molecule has 27 heavy (non-hydrogen) atoms. The fraction of sp³-hybridized carbons (Fsp3) is 0.833. The number of aliphatic imine (C=N–C) groups is 1. The van der Waals surface area contributed by atoms with Gasteiger partial charge in [0, 0.05) is 64.8 Å². The quantitative estimate of drug-likeness (QED) is 0.475. The van der Waals surface area contributed by atoms with Crippen molar-refractivity contribution in [2.75, 3.05) is 59.7 Å². The summed E-state index contributed by atoms with van der Waals surface area (Å²) in [6, 6.07) is 0.444. The van der Waals surface area contributed by atoms with Gasteiger partial charge in [-0.3, -0.25) is 9.89 Å². The van der Waals surface area contributed by atoms with Crippen molar-refractivity contribution < 1.29 is 9.47 Å². The Bertz CT molecular complexity index is 580. The van der Waals surface area contributed by atoms with Crippen LogP contribution in [-0.2, 0) is 22.4 Å². The molecule has 2 aliphatic heterocycles. The highest BCUT2D eigenvalue weighted by Crippen LogP contribution is 2.21. The molecule has 3 heterocycles. The summed E-state index contributed by atoms with van der Waals surface area (Å²) in [4.78, 5) is 6.91. The van der Waals surface area contributed by atoms with E-state index < -0.39 is 0 Å². The summed E-state index contributed by atoms with van der Waals surface area (Å²) >= 11 is 0. The fourth-order valence-corrected chi connectivity index (χ4v) is 3.82. The standard InChI is InChI=1S/C18H33N7O2/c1-3-17-23-22-14-25(17)6-5-20-18(19-2)21-12-16(15-4-9-27-13-15)24-7-10-26-11-8-24/h14-16H,3-13H2,1-2H3,(H2,19,20,21). The Morgan fingerprint density at radius 2 is 2.15 bits per heavy atom. The van der Waals surface area contributed by atoms with E-state index in [-0.39, 0.29) is 0 Å². The lowest BCUT2D eigenvalue weighted by Gasteiger charge is -2.37. The monoisotopic (exact) mass is 379 g/mol. The first kappa shape index (κ1) is 20.0. The summed E-state index contributed by atoms with van der Waals surface area (Å²) in [5.41, 5.74) is 0. The number of hydrogen-bond acceptors (Lipinski definition) is 6. The molecular weight excluding hydrogens is 346 g/mol. The van der Waals surface area contributed by atoms with Gasteiger partial charge in [-0.25, -0.2) is 0 Å². The van der Waals surface area contributed by atoms with E-state index in [0.717, 1.165) is 83.8 Å². The molecular formula is C18H33N7O2. The number of aryl methyl sites for hydroxylation is 1. The zero-order valence-electron chi connectivity index (χ0n) is 16.6. The van der Waals surface area contributed by atoms with Gasteiger partial charge >= 0.3 is 0 Å². The van der Waals surface area contributed by atoms with Gasteiger partial charge in [-0.2, -0.15) is 0 Å². The van der Waals surface area contributed by atoms with Crippen LogP contribution in [0.15, 0.2) is 11.3 Å². The molecule has 2 aliphatic rings. The van der Waals surface area contributed by atoms with E-state index in [9.17, 15) is 0 Å². The summed E-state index contributed by atoms with van der Waals surface area (Å²) in [7, 11) is 1.81. The van der Waals surface area contributed by atoms with Crippen LogP contribution in [0.1, 0.15) is 19.2 Å². The maximum absolute atomic E-state index is 5.64. The SMILES string of the molecule is CCc1nncn1CCNC(=NC)NCC(C1CCOC1)N1CCOCC1. The van der Waals surface area contributed by atoms with E-state index in [2.05, 4.69) is 42.2 Å². The predicted octanol–water partition coefficient (Wildman–Crippen LogP) is -0.257. The highest BCUT2D eigenvalue weighted by molar-refractivity contribution is 5.79. The molecule has 0 saturated carbocycles. The molecule has 2 N–H and O–H groups in total. The molecule has 0 amide bonds. The van der Waals surface area contributed by atoms with Crippen LogP contribution in [0.5, 0.6) is 0 Å². The Morgan fingerprint density at radius 3 is 2.85 bits per heavy atom. The summed E-state index contributed by atoms with van der Waals surface area (Å²) in [5.74, 6) is 2.41. The molecule has 2 fully saturated rings. The Hall–Kier alpha value is -1.71. The van der Waals surface area contributed by atoms with Crippen molar-refractivity contribution in [3.8, 4) is 0 Å². The average Bonchev–Trinajstić information content (AvgIpc) is 3.39. The van der Waals surface area contributed by atoms with Crippen molar-refractivity contribution in [3.05, 3.63) is 12.2 Å². The first-order chi connectivity index (χ1) is 13.3. The third kappa shape index (κ3) is 5.63. The summed E-state index contributed by atoms with van der Waals surface area (Å²) < 4.78 is 13.2. The van der Waals surface area contributed by atoms with Crippen molar-refractivity contribution in [1.82, 2.24) is 30.3 Å². The number of ether oxygens (including phenoxy) is 2. The maximum Gasteiger partial charge on any atom is 0.191 e. The van der Waals surface area contributed by atoms with Crippen molar-refractivity contribution in [2.24, 2.45) is 10.9 Å². The smallest absolute Gasteiger partial charge is 0.191 e. The number of nitrogens with one attached hydrogen (secondary N) is 2. The lowest BCUT2D eigenvalue weighted by molar-refractivity contribution is 0.00246. The summed E-state index contributed by atoms with van der Waals surface area (Å²) in [6.07, 6.45) is 3.80. The minimum absolute atomic E-state index is 0.444. The van der Waals surface area contributed by atoms with Crippen LogP contribution in [0, 0.1) is 5.92 Å². The Kier molecular flexibility index (Phi) is 7.85. The zero-order valence-corrected chi connectivity index (χ0v) is 16.6. The molecule has 0 aliphatic carbocycles. The molecule has 152 valence electrons. The van der Waals surface area contributed by atoms with Gasteiger partial charge in [0.2, 0.25) is 0 Å². The lowest BCUT2D eigenvalue weighted by atomic mass is 9.97. The molecule has 2 unspecified atom stereocenters. The Labute approximate surface area is 161 Å². The number of hydrogen-bond donors (Lipinski definition) is 2. The van der Waals surface area contributed by atoms with Gasteiger partial charge in [-0.15, -0.1) is 10.2 Å². The molecule has 1 aromatic heterocycles. The first-order valence-electron chi connectivity index (χ1n) is 10.0. The fourth-order valence-electron chi connectivity index (χ4n) is 3.82. The van der Waals surface area contributed by atoms with E-state index >= 15 is 0 Å². The predicted molar refractivity (Wildman–Crippen MR) is 104 cm³/mol. The second-order valence-electron chi connectivity index (χ2n) is 7.01. The number of guanidine groups is 1. The van der Waals surface area contributed by atoms with Gasteiger partial charge in [-0.05, 0) is 6.42 Å². The van der Waals surface area contributed by atoms with Crippen LogP contribution in [0.25, 0.3) is 0 Å². The van der Waals surface area contributed by atoms with Crippen molar-refractivity contribution in [3.63, 3.8) is 0 Å². The molecule has 9 heteroatoms. The molecule has 9 nitrogen and oxygen atoms in total. The van der Waals surface area contributed by atoms with Crippen molar-refractivity contribution in [1.29, 1.82) is 0 Å². The Morgan fingerprint density at radius 1 is 1.30 bits per heavy atom. The molecule has 0 spiro atoms. The van der Waals surface area contributed by atoms with E-state index in [4.69, 9.17) is 9.47 Å². The minimum atomic E-state index is 0.444. The molecule has 2 saturated heterocycles. The van der Waals surface area contributed by atoms with Crippen molar-refractivity contribution in [2.45, 2.75) is 32.4 Å². The molecule has 1 aromatic rings. The van der Waals surface area contributed by atoms with Gasteiger partial charge in [-0.1, -0.05) is 6.92 Å². The van der Waals surface area contributed by atoms with Crippen LogP contribution < -0.4 is 10.6 Å². The topological polar surface area (TPSA) is 88.8 Å². The number of nitrogens with zero attached hydrogens (tertiary/aromatic N) is 5. The van der Waals surface area contributed by atoms with Crippen LogP contribution in [0.3, 0.4) is 0 Å². The van der Waals surface area contributed by atoms with Gasteiger partial charge < -0.3 is 24.7 Å². The van der Waals surface area contributed by atoms with E-state index in [1.807, 2.05) is 7.05 Å². The first-order valence-corrected chi connectivity index (χ1v) is 10.0. The summed E-state index contributed by atoms with van der Waals surface area (Å²) in [5, 5.41) is 15.0. The number of morpholine rings is 1. The van der Waals surface area contributed by atoms with Gasteiger partial charge in [0.15, 0.2) is 5.96 Å². The Balaban J connectivity index is 1.48. The number of aromatic nitrogens is 3. The largest absolute Gasteiger partial charge is 0.381 e. The summed E-state index contributed by atoms with van der Waals surface area (Å²) in [6.45, 7) is 9.88. The van der Waals surface area contributed by atoms with Gasteiger partial charge in [0.05, 0.1) is 19.8 Å². The zero-order chi connectivity index (χ0) is 18.9. The van der Waals surface area contributed by atoms with Crippen LogP contribution in [0.2, 0.25) is 0 Å². The van der Waals surface area contributed by atoms with Crippen LogP contribution in [-0.4, -0.2) is 91.3 Å². The van der Waals surface area contributed by atoms with Gasteiger partial charge in [0.1, 0.15) is 12.2 Å². The number of rotatable bonds is 8. The van der Waals surface area contributed by atoms with Crippen LogP contribution >= 0.6 is 0 Å². The molecule has 2 atom stereocenters. The third-order valence-electron chi connectivity index (χ3n) is 5.38. The molecule has 0 aromatic carbocycles. The minimum Gasteiger partial charge on any atom is -0.381 e. The second-order valence-corrected chi connectivity index (χ2v) is 7.01. The molecule has 0 radical (unpaired) electrons. The highest BCUT2D eigenvalue weighted by Gasteiger charge is 2.31. The third-order valence-corrected chi connectivity index (χ3v) is 5.38. The van der Waals surface area contributed by atoms with Crippen LogP contribution in [0.4, 0.5) is 0 Å². The normalized spacial score (nSPS) is 22.7.